The fourth-order valence-corrected chi connectivity index (χ4v) is 3.34. The maximum absolute atomic E-state index is 12.5. The third-order valence-electron chi connectivity index (χ3n) is 4.99. The van der Waals surface area contributed by atoms with Gasteiger partial charge in [0, 0.05) is 25.4 Å². The van der Waals surface area contributed by atoms with Crippen molar-refractivity contribution in [3.05, 3.63) is 47.8 Å². The van der Waals surface area contributed by atoms with Crippen LogP contribution in [-0.2, 0) is 18.4 Å². The van der Waals surface area contributed by atoms with E-state index in [1.165, 1.54) is 0 Å². The Morgan fingerprint density at radius 2 is 2.15 bits per heavy atom. The smallest absolute Gasteiger partial charge is 0.271 e. The van der Waals surface area contributed by atoms with Gasteiger partial charge in [0.25, 0.3) is 5.91 Å². The standard InChI is InChI=1S/C19H25N5O3/c1-12-4-3-7-20-15(12)9-21-18(26)13-5-6-17(25)14(8-13)23-19(27)16-10-24(2)11-22-16/h3-4,7,10-11,13-14,17,25H,5-6,8-9H2,1-2H3,(H,21,26)(H,23,27)/t13-,14+,17+/m0/s1. The first-order valence-electron chi connectivity index (χ1n) is 9.09. The molecule has 1 aliphatic carbocycles. The van der Waals surface area contributed by atoms with Crippen LogP contribution >= 0.6 is 0 Å². The molecule has 0 unspecified atom stereocenters. The molecule has 0 aromatic carbocycles. The molecule has 8 heteroatoms. The first-order valence-corrected chi connectivity index (χ1v) is 9.09. The van der Waals surface area contributed by atoms with Crippen molar-refractivity contribution in [3.63, 3.8) is 0 Å². The lowest BCUT2D eigenvalue weighted by molar-refractivity contribution is -0.127. The highest BCUT2D eigenvalue weighted by Crippen LogP contribution is 2.25. The van der Waals surface area contributed by atoms with E-state index < -0.39 is 12.1 Å². The van der Waals surface area contributed by atoms with Crippen molar-refractivity contribution in [2.75, 3.05) is 0 Å². The maximum Gasteiger partial charge on any atom is 0.271 e. The second-order valence-corrected chi connectivity index (χ2v) is 7.07. The molecule has 0 spiro atoms. The van der Waals surface area contributed by atoms with Crippen LogP contribution in [0.5, 0.6) is 0 Å². The number of amides is 2. The topological polar surface area (TPSA) is 109 Å². The lowest BCUT2D eigenvalue weighted by Crippen LogP contribution is -2.49. The Kier molecular flexibility index (Phi) is 5.85. The molecule has 1 fully saturated rings. The summed E-state index contributed by atoms with van der Waals surface area (Å²) in [5.41, 5.74) is 2.15. The van der Waals surface area contributed by atoms with Crippen LogP contribution < -0.4 is 10.6 Å². The summed E-state index contributed by atoms with van der Waals surface area (Å²) in [6.07, 6.45) is 5.64. The third-order valence-corrected chi connectivity index (χ3v) is 4.99. The Bertz CT molecular complexity index is 819. The summed E-state index contributed by atoms with van der Waals surface area (Å²) in [4.78, 5) is 33.1. The number of aliphatic hydroxyl groups is 1. The molecule has 2 amide bonds. The number of aliphatic hydroxyl groups excluding tert-OH is 1. The van der Waals surface area contributed by atoms with Gasteiger partial charge in [0.15, 0.2) is 0 Å². The number of aryl methyl sites for hydroxylation is 2. The zero-order valence-electron chi connectivity index (χ0n) is 15.6. The van der Waals surface area contributed by atoms with Crippen molar-refractivity contribution >= 4 is 11.8 Å². The number of hydrogen-bond acceptors (Lipinski definition) is 5. The number of carbonyl (C=O) groups excluding carboxylic acids is 2. The molecule has 1 saturated carbocycles. The third kappa shape index (κ3) is 4.71. The van der Waals surface area contributed by atoms with Crippen LogP contribution in [0.2, 0.25) is 0 Å². The maximum atomic E-state index is 12.5. The zero-order valence-corrected chi connectivity index (χ0v) is 15.6. The largest absolute Gasteiger partial charge is 0.391 e. The van der Waals surface area contributed by atoms with E-state index in [9.17, 15) is 14.7 Å². The molecule has 8 nitrogen and oxygen atoms in total. The van der Waals surface area contributed by atoms with Gasteiger partial charge in [-0.2, -0.15) is 0 Å². The van der Waals surface area contributed by atoms with Crippen molar-refractivity contribution < 1.29 is 14.7 Å². The van der Waals surface area contributed by atoms with E-state index in [0.717, 1.165) is 11.3 Å². The number of nitrogens with zero attached hydrogens (tertiary/aromatic N) is 3. The normalized spacial score (nSPS) is 22.3. The van der Waals surface area contributed by atoms with Gasteiger partial charge in [-0.1, -0.05) is 6.07 Å². The molecule has 2 aromatic heterocycles. The van der Waals surface area contributed by atoms with E-state index in [-0.39, 0.29) is 17.7 Å². The van der Waals surface area contributed by atoms with E-state index in [0.29, 0.717) is 31.5 Å². The first-order chi connectivity index (χ1) is 12.9. The fraction of sp³-hybridized carbons (Fsp3) is 0.474. The molecule has 3 N–H and O–H groups in total. The molecule has 0 saturated heterocycles. The van der Waals surface area contributed by atoms with Crippen molar-refractivity contribution in [3.8, 4) is 0 Å². The highest BCUT2D eigenvalue weighted by molar-refractivity contribution is 5.92. The molecular weight excluding hydrogens is 346 g/mol. The fourth-order valence-electron chi connectivity index (χ4n) is 3.34. The first kappa shape index (κ1) is 19.0. The Morgan fingerprint density at radius 3 is 2.85 bits per heavy atom. The lowest BCUT2D eigenvalue weighted by atomic mass is 9.83. The van der Waals surface area contributed by atoms with Crippen LogP contribution in [-0.4, -0.2) is 43.6 Å². The Labute approximate surface area is 158 Å². The van der Waals surface area contributed by atoms with E-state index in [4.69, 9.17) is 0 Å². The van der Waals surface area contributed by atoms with Crippen molar-refractivity contribution in [2.24, 2.45) is 13.0 Å². The Morgan fingerprint density at radius 1 is 1.33 bits per heavy atom. The van der Waals surface area contributed by atoms with Crippen LogP contribution in [0.1, 0.15) is 41.0 Å². The predicted octanol–water partition coefficient (Wildman–Crippen LogP) is 0.699. The summed E-state index contributed by atoms with van der Waals surface area (Å²) in [5.74, 6) is -0.680. The summed E-state index contributed by atoms with van der Waals surface area (Å²) in [5, 5.41) is 16.0. The number of imidazole rings is 1. The van der Waals surface area contributed by atoms with Crippen LogP contribution in [0.3, 0.4) is 0 Å². The minimum Gasteiger partial charge on any atom is -0.391 e. The summed E-state index contributed by atoms with van der Waals surface area (Å²) >= 11 is 0. The van der Waals surface area contributed by atoms with Crippen LogP contribution in [0.4, 0.5) is 0 Å². The minimum absolute atomic E-state index is 0.0796. The molecule has 3 atom stereocenters. The van der Waals surface area contributed by atoms with Crippen LogP contribution in [0.25, 0.3) is 0 Å². The highest BCUT2D eigenvalue weighted by Gasteiger charge is 2.34. The molecule has 2 aromatic rings. The van der Waals surface area contributed by atoms with Gasteiger partial charge in [0.1, 0.15) is 5.69 Å². The summed E-state index contributed by atoms with van der Waals surface area (Å²) in [7, 11) is 1.78. The lowest BCUT2D eigenvalue weighted by Gasteiger charge is -2.33. The average molecular weight is 371 g/mol. The van der Waals surface area contributed by atoms with Crippen molar-refractivity contribution in [1.82, 2.24) is 25.2 Å². The molecule has 0 radical (unpaired) electrons. The van der Waals surface area contributed by atoms with Gasteiger partial charge in [-0.3, -0.25) is 14.6 Å². The second kappa shape index (κ2) is 8.30. The highest BCUT2D eigenvalue weighted by atomic mass is 16.3. The summed E-state index contributed by atoms with van der Waals surface area (Å²) in [6, 6.07) is 3.34. The summed E-state index contributed by atoms with van der Waals surface area (Å²) in [6.45, 7) is 2.32. The quantitative estimate of drug-likeness (QED) is 0.717. The predicted molar refractivity (Wildman–Crippen MR) is 98.6 cm³/mol. The number of pyridine rings is 1. The number of carbonyl (C=O) groups is 2. The second-order valence-electron chi connectivity index (χ2n) is 7.07. The molecule has 1 aliphatic rings. The molecule has 0 bridgehead atoms. The Balaban J connectivity index is 1.56. The monoisotopic (exact) mass is 371 g/mol. The van der Waals surface area contributed by atoms with Crippen molar-refractivity contribution in [2.45, 2.75) is 44.9 Å². The van der Waals surface area contributed by atoms with Crippen LogP contribution in [0.15, 0.2) is 30.9 Å². The van der Waals surface area contributed by atoms with E-state index in [1.807, 2.05) is 19.1 Å². The molecule has 3 rings (SSSR count). The molecule has 27 heavy (non-hydrogen) atoms. The van der Waals surface area contributed by atoms with Gasteiger partial charge >= 0.3 is 0 Å². The van der Waals surface area contributed by atoms with Gasteiger partial charge in [0.2, 0.25) is 5.91 Å². The van der Waals surface area contributed by atoms with Crippen LogP contribution in [0, 0.1) is 12.8 Å². The number of aromatic nitrogens is 3. The zero-order chi connectivity index (χ0) is 19.4. The SMILES string of the molecule is Cc1cccnc1CNC(=O)[C@H]1CC[C@@H](O)[C@H](NC(=O)c2cn(C)cn2)C1. The average Bonchev–Trinajstić information content (AvgIpc) is 3.09. The molecule has 144 valence electrons. The minimum atomic E-state index is -0.667. The number of nitrogens with one attached hydrogen (secondary N) is 2. The Hall–Kier alpha value is -2.74. The molecule has 0 aliphatic heterocycles. The number of hydrogen-bond donors (Lipinski definition) is 3. The molecular formula is C19H25N5O3. The van der Waals surface area contributed by atoms with E-state index in [1.54, 1.807) is 30.3 Å². The van der Waals surface area contributed by atoms with Gasteiger partial charge in [-0.15, -0.1) is 0 Å². The van der Waals surface area contributed by atoms with E-state index >= 15 is 0 Å². The van der Waals surface area contributed by atoms with Gasteiger partial charge in [0.05, 0.1) is 30.7 Å². The van der Waals surface area contributed by atoms with Gasteiger partial charge < -0.3 is 20.3 Å². The van der Waals surface area contributed by atoms with Crippen molar-refractivity contribution in [1.29, 1.82) is 0 Å². The summed E-state index contributed by atoms with van der Waals surface area (Å²) < 4.78 is 1.68. The number of rotatable bonds is 5. The van der Waals surface area contributed by atoms with Gasteiger partial charge in [-0.05, 0) is 37.8 Å². The molecule has 2 heterocycles. The van der Waals surface area contributed by atoms with Gasteiger partial charge in [-0.25, -0.2) is 4.98 Å². The van der Waals surface area contributed by atoms with E-state index in [2.05, 4.69) is 20.6 Å².